The summed E-state index contributed by atoms with van der Waals surface area (Å²) >= 11 is 24.8. The number of ether oxygens (including phenoxy) is 2. The van der Waals surface area contributed by atoms with Gasteiger partial charge in [0.05, 0.1) is 12.1 Å². The topological polar surface area (TPSA) is 30.5 Å². The van der Waals surface area contributed by atoms with Gasteiger partial charge in [-0.15, -0.1) is 0 Å². The van der Waals surface area contributed by atoms with E-state index in [1.165, 1.54) is 5.56 Å². The molecule has 0 aliphatic rings. The zero-order valence-electron chi connectivity index (χ0n) is 16.4. The standard InChI is InChI=1S/C23H21Cl4NO2/c1-29-22-12-16(13-28-10-9-15-5-7-17(24)8-6-15)11-21(27)23(22)30-14-18-19(25)3-2-4-20(18)26/h2-8,11-12,28H,9-10,13-14H2,1H3. The van der Waals surface area contributed by atoms with Gasteiger partial charge in [-0.05, 0) is 60.5 Å². The molecule has 158 valence electrons. The third-order valence-electron chi connectivity index (χ3n) is 4.54. The van der Waals surface area contributed by atoms with E-state index in [1.54, 1.807) is 25.3 Å². The molecule has 0 bridgehead atoms. The minimum absolute atomic E-state index is 0.188. The molecule has 0 aliphatic carbocycles. The number of nitrogens with one attached hydrogen (secondary N) is 1. The van der Waals surface area contributed by atoms with Gasteiger partial charge >= 0.3 is 0 Å². The first kappa shape index (κ1) is 23.1. The van der Waals surface area contributed by atoms with E-state index in [1.807, 2.05) is 36.4 Å². The average molecular weight is 485 g/mol. The van der Waals surface area contributed by atoms with Crippen LogP contribution >= 0.6 is 46.4 Å². The maximum absolute atomic E-state index is 6.47. The Morgan fingerprint density at radius 3 is 2.20 bits per heavy atom. The molecule has 0 radical (unpaired) electrons. The third-order valence-corrected chi connectivity index (χ3v) is 5.79. The largest absolute Gasteiger partial charge is 0.493 e. The summed E-state index contributed by atoms with van der Waals surface area (Å²) in [4.78, 5) is 0. The molecule has 0 saturated carbocycles. The molecule has 30 heavy (non-hydrogen) atoms. The van der Waals surface area contributed by atoms with Crippen LogP contribution in [0.2, 0.25) is 20.1 Å². The average Bonchev–Trinajstić information content (AvgIpc) is 2.73. The molecule has 3 aromatic rings. The zero-order valence-corrected chi connectivity index (χ0v) is 19.4. The quantitative estimate of drug-likeness (QED) is 0.325. The minimum atomic E-state index is 0.188. The molecule has 1 N–H and O–H groups in total. The summed E-state index contributed by atoms with van der Waals surface area (Å²) in [6.45, 7) is 1.67. The summed E-state index contributed by atoms with van der Waals surface area (Å²) in [7, 11) is 1.58. The van der Waals surface area contributed by atoms with Crippen LogP contribution in [-0.2, 0) is 19.6 Å². The number of rotatable bonds is 9. The van der Waals surface area contributed by atoms with Gasteiger partial charge in [-0.3, -0.25) is 0 Å². The van der Waals surface area contributed by atoms with Crippen molar-refractivity contribution in [1.29, 1.82) is 0 Å². The van der Waals surface area contributed by atoms with Gasteiger partial charge < -0.3 is 14.8 Å². The highest BCUT2D eigenvalue weighted by Gasteiger charge is 2.14. The monoisotopic (exact) mass is 483 g/mol. The van der Waals surface area contributed by atoms with Gasteiger partial charge in [-0.1, -0.05) is 64.6 Å². The van der Waals surface area contributed by atoms with Crippen molar-refractivity contribution in [3.63, 3.8) is 0 Å². The van der Waals surface area contributed by atoms with Crippen molar-refractivity contribution in [2.45, 2.75) is 19.6 Å². The Balaban J connectivity index is 1.61. The van der Waals surface area contributed by atoms with Crippen molar-refractivity contribution >= 4 is 46.4 Å². The van der Waals surface area contributed by atoms with Crippen LogP contribution in [0.15, 0.2) is 54.6 Å². The SMILES string of the molecule is COc1cc(CNCCc2ccc(Cl)cc2)cc(Cl)c1OCc1c(Cl)cccc1Cl. The van der Waals surface area contributed by atoms with E-state index >= 15 is 0 Å². The van der Waals surface area contributed by atoms with Gasteiger partial charge in [0.1, 0.15) is 6.61 Å². The summed E-state index contributed by atoms with van der Waals surface area (Å²) in [5, 5.41) is 5.70. The Labute approximate surface area is 196 Å². The van der Waals surface area contributed by atoms with Crippen LogP contribution < -0.4 is 14.8 Å². The fraction of sp³-hybridized carbons (Fsp3) is 0.217. The number of hydrogen-bond donors (Lipinski definition) is 1. The highest BCUT2D eigenvalue weighted by Crippen LogP contribution is 2.38. The van der Waals surface area contributed by atoms with E-state index in [4.69, 9.17) is 55.9 Å². The molecule has 0 unspecified atom stereocenters. The molecule has 0 spiro atoms. The minimum Gasteiger partial charge on any atom is -0.493 e. The first-order valence-corrected chi connectivity index (χ1v) is 10.9. The van der Waals surface area contributed by atoms with Crippen molar-refractivity contribution < 1.29 is 9.47 Å². The van der Waals surface area contributed by atoms with Crippen LogP contribution in [-0.4, -0.2) is 13.7 Å². The molecule has 3 rings (SSSR count). The maximum Gasteiger partial charge on any atom is 0.180 e. The summed E-state index contributed by atoms with van der Waals surface area (Å²) in [5.74, 6) is 1.01. The van der Waals surface area contributed by atoms with Gasteiger partial charge in [-0.25, -0.2) is 0 Å². The molecule has 0 heterocycles. The lowest BCUT2D eigenvalue weighted by Gasteiger charge is -2.15. The lowest BCUT2D eigenvalue weighted by molar-refractivity contribution is 0.284. The number of methoxy groups -OCH3 is 1. The Bertz CT molecular complexity index is 973. The van der Waals surface area contributed by atoms with Gasteiger partial charge in [0.2, 0.25) is 0 Å². The van der Waals surface area contributed by atoms with Crippen molar-refractivity contribution in [2.75, 3.05) is 13.7 Å². The Morgan fingerprint density at radius 2 is 1.53 bits per heavy atom. The summed E-state index contributed by atoms with van der Waals surface area (Å²) in [6.07, 6.45) is 0.905. The molecule has 0 saturated heterocycles. The predicted molar refractivity (Wildman–Crippen MR) is 126 cm³/mol. The fourth-order valence-corrected chi connectivity index (χ4v) is 3.87. The van der Waals surface area contributed by atoms with Crippen LogP contribution in [0.3, 0.4) is 0 Å². The van der Waals surface area contributed by atoms with E-state index in [-0.39, 0.29) is 6.61 Å². The van der Waals surface area contributed by atoms with Gasteiger partial charge in [0.25, 0.3) is 0 Å². The molecular weight excluding hydrogens is 464 g/mol. The van der Waals surface area contributed by atoms with E-state index in [0.29, 0.717) is 38.7 Å². The summed E-state index contributed by atoms with van der Waals surface area (Å²) in [6, 6.07) is 17.0. The molecule has 3 aromatic carbocycles. The van der Waals surface area contributed by atoms with Crippen LogP contribution in [0.25, 0.3) is 0 Å². The highest BCUT2D eigenvalue weighted by molar-refractivity contribution is 6.36. The first-order chi connectivity index (χ1) is 14.5. The van der Waals surface area contributed by atoms with Crippen LogP contribution in [0.4, 0.5) is 0 Å². The Kier molecular flexibility index (Phi) is 8.55. The molecule has 0 aliphatic heterocycles. The molecule has 0 aromatic heterocycles. The normalized spacial score (nSPS) is 10.8. The lowest BCUT2D eigenvalue weighted by Crippen LogP contribution is -2.16. The molecule has 0 atom stereocenters. The summed E-state index contributed by atoms with van der Waals surface area (Å²) < 4.78 is 11.4. The van der Waals surface area contributed by atoms with E-state index < -0.39 is 0 Å². The molecular formula is C23H21Cl4NO2. The number of halogens is 4. The smallest absolute Gasteiger partial charge is 0.180 e. The van der Waals surface area contributed by atoms with Crippen molar-refractivity contribution in [1.82, 2.24) is 5.32 Å². The van der Waals surface area contributed by atoms with Crippen LogP contribution in [0.1, 0.15) is 16.7 Å². The molecule has 7 heteroatoms. The van der Waals surface area contributed by atoms with Crippen molar-refractivity contribution in [3.8, 4) is 11.5 Å². The zero-order chi connectivity index (χ0) is 21.5. The summed E-state index contributed by atoms with van der Waals surface area (Å²) in [5.41, 5.74) is 2.92. The lowest BCUT2D eigenvalue weighted by atomic mass is 10.1. The molecule has 0 fully saturated rings. The van der Waals surface area contributed by atoms with Gasteiger partial charge in [-0.2, -0.15) is 0 Å². The van der Waals surface area contributed by atoms with Crippen LogP contribution in [0, 0.1) is 0 Å². The first-order valence-electron chi connectivity index (χ1n) is 9.35. The second kappa shape index (κ2) is 11.1. The third kappa shape index (κ3) is 6.19. The van der Waals surface area contributed by atoms with Crippen molar-refractivity contribution in [2.24, 2.45) is 0 Å². The highest BCUT2D eigenvalue weighted by atomic mass is 35.5. The van der Waals surface area contributed by atoms with E-state index in [0.717, 1.165) is 23.6 Å². The van der Waals surface area contributed by atoms with E-state index in [2.05, 4.69) is 5.32 Å². The Morgan fingerprint density at radius 1 is 0.833 bits per heavy atom. The van der Waals surface area contributed by atoms with Gasteiger partial charge in [0.15, 0.2) is 11.5 Å². The maximum atomic E-state index is 6.47. The van der Waals surface area contributed by atoms with Crippen molar-refractivity contribution in [3.05, 3.63) is 91.4 Å². The fourth-order valence-electron chi connectivity index (χ4n) is 2.95. The number of benzene rings is 3. The Hall–Kier alpha value is -1.62. The second-order valence-corrected chi connectivity index (χ2v) is 8.31. The van der Waals surface area contributed by atoms with E-state index in [9.17, 15) is 0 Å². The molecule has 3 nitrogen and oxygen atoms in total. The molecule has 0 amide bonds. The number of hydrogen-bond acceptors (Lipinski definition) is 3. The predicted octanol–water partition coefficient (Wildman–Crippen LogP) is 7.22. The second-order valence-electron chi connectivity index (χ2n) is 6.65. The van der Waals surface area contributed by atoms with Crippen LogP contribution in [0.5, 0.6) is 11.5 Å². The van der Waals surface area contributed by atoms with Gasteiger partial charge in [0, 0.05) is 27.2 Å².